The summed E-state index contributed by atoms with van der Waals surface area (Å²) in [7, 11) is 1.74. The van der Waals surface area contributed by atoms with Crippen LogP contribution >= 0.6 is 0 Å². The maximum Gasteiger partial charge on any atom is 0.313 e. The highest BCUT2D eigenvalue weighted by molar-refractivity contribution is 6.00. The van der Waals surface area contributed by atoms with Gasteiger partial charge in [0.1, 0.15) is 5.92 Å². The lowest BCUT2D eigenvalue weighted by Gasteiger charge is -2.51. The van der Waals surface area contributed by atoms with Crippen molar-refractivity contribution in [3.63, 3.8) is 0 Å². The summed E-state index contributed by atoms with van der Waals surface area (Å²) in [6.07, 6.45) is 1.33. The minimum Gasteiger partial charge on any atom is -0.481 e. The standard InChI is InChI=1S/C15H18N2O3/c1-17-13(18)11-5-3-2-4-10(11)12(14(19)20)15(17)6-8-16-9-7-15/h2-5,12,16H,6-9H2,1H3,(H,19,20). The van der Waals surface area contributed by atoms with E-state index in [1.165, 1.54) is 0 Å². The molecule has 5 heteroatoms. The maximum atomic E-state index is 12.6. The molecule has 106 valence electrons. The number of rotatable bonds is 1. The van der Waals surface area contributed by atoms with Gasteiger partial charge in [-0.1, -0.05) is 18.2 Å². The number of piperidine rings is 1. The molecule has 1 fully saturated rings. The van der Waals surface area contributed by atoms with Gasteiger partial charge in [0.05, 0.1) is 5.54 Å². The molecule has 1 aromatic rings. The molecule has 1 spiro atoms. The Bertz CT molecular complexity index is 564. The average Bonchev–Trinajstić information content (AvgIpc) is 2.46. The first-order chi connectivity index (χ1) is 9.58. The number of aliphatic carboxylic acids is 1. The van der Waals surface area contributed by atoms with Crippen molar-refractivity contribution in [1.82, 2.24) is 10.2 Å². The Morgan fingerprint density at radius 3 is 2.65 bits per heavy atom. The van der Waals surface area contributed by atoms with Crippen LogP contribution in [0.2, 0.25) is 0 Å². The molecule has 1 saturated heterocycles. The topological polar surface area (TPSA) is 69.6 Å². The van der Waals surface area contributed by atoms with E-state index in [4.69, 9.17) is 0 Å². The number of nitrogens with one attached hydrogen (secondary N) is 1. The van der Waals surface area contributed by atoms with Crippen LogP contribution in [0.1, 0.15) is 34.7 Å². The van der Waals surface area contributed by atoms with E-state index in [2.05, 4.69) is 5.32 Å². The van der Waals surface area contributed by atoms with Crippen molar-refractivity contribution in [3.8, 4) is 0 Å². The number of hydrogen-bond acceptors (Lipinski definition) is 3. The van der Waals surface area contributed by atoms with E-state index < -0.39 is 17.4 Å². The van der Waals surface area contributed by atoms with Gasteiger partial charge in [-0.05, 0) is 37.6 Å². The second-order valence-electron chi connectivity index (χ2n) is 5.58. The van der Waals surface area contributed by atoms with E-state index >= 15 is 0 Å². The molecule has 20 heavy (non-hydrogen) atoms. The Morgan fingerprint density at radius 1 is 1.35 bits per heavy atom. The zero-order chi connectivity index (χ0) is 14.3. The third-order valence-electron chi connectivity index (χ3n) is 4.73. The summed E-state index contributed by atoms with van der Waals surface area (Å²) in [4.78, 5) is 26.1. The molecule has 0 radical (unpaired) electrons. The largest absolute Gasteiger partial charge is 0.481 e. The van der Waals surface area contributed by atoms with Gasteiger partial charge in [-0.25, -0.2) is 0 Å². The Hall–Kier alpha value is -1.88. The molecular formula is C15H18N2O3. The average molecular weight is 274 g/mol. The van der Waals surface area contributed by atoms with Crippen LogP contribution in [0.4, 0.5) is 0 Å². The van der Waals surface area contributed by atoms with Gasteiger partial charge in [-0.15, -0.1) is 0 Å². The predicted octanol–water partition coefficient (Wildman–Crippen LogP) is 1.06. The molecule has 1 amide bonds. The van der Waals surface area contributed by atoms with Crippen LogP contribution in [0.5, 0.6) is 0 Å². The quantitative estimate of drug-likeness (QED) is 0.803. The normalized spacial score (nSPS) is 24.6. The monoisotopic (exact) mass is 274 g/mol. The summed E-state index contributed by atoms with van der Waals surface area (Å²) in [6.45, 7) is 1.48. The lowest BCUT2D eigenvalue weighted by Crippen LogP contribution is -2.62. The van der Waals surface area contributed by atoms with Crippen LogP contribution in [0, 0.1) is 0 Å². The molecule has 2 heterocycles. The summed E-state index contributed by atoms with van der Waals surface area (Å²) in [5.41, 5.74) is 0.569. The Morgan fingerprint density at radius 2 is 2.00 bits per heavy atom. The molecule has 3 rings (SSSR count). The number of carboxylic acid groups (broad SMARTS) is 1. The first-order valence-corrected chi connectivity index (χ1v) is 6.88. The number of carbonyl (C=O) groups excluding carboxylic acids is 1. The van der Waals surface area contributed by atoms with Crippen LogP contribution < -0.4 is 5.32 Å². The fourth-order valence-electron chi connectivity index (χ4n) is 3.66. The van der Waals surface area contributed by atoms with Gasteiger partial charge in [-0.2, -0.15) is 0 Å². The van der Waals surface area contributed by atoms with Crippen molar-refractivity contribution in [2.45, 2.75) is 24.3 Å². The number of benzene rings is 1. The Labute approximate surface area is 117 Å². The number of hydrogen-bond donors (Lipinski definition) is 2. The van der Waals surface area contributed by atoms with Gasteiger partial charge in [0.25, 0.3) is 5.91 Å². The molecular weight excluding hydrogens is 256 g/mol. The minimum atomic E-state index is -0.848. The van der Waals surface area contributed by atoms with Crippen LogP contribution in [0.3, 0.4) is 0 Å². The Balaban J connectivity index is 2.20. The third-order valence-corrected chi connectivity index (χ3v) is 4.73. The fraction of sp³-hybridized carbons (Fsp3) is 0.467. The molecule has 5 nitrogen and oxygen atoms in total. The zero-order valence-corrected chi connectivity index (χ0v) is 11.4. The molecule has 2 aliphatic heterocycles. The lowest BCUT2D eigenvalue weighted by molar-refractivity contribution is -0.143. The highest BCUT2D eigenvalue weighted by Crippen LogP contribution is 2.45. The number of fused-ring (bicyclic) bond motifs is 1. The van der Waals surface area contributed by atoms with Crippen molar-refractivity contribution >= 4 is 11.9 Å². The van der Waals surface area contributed by atoms with Crippen LogP contribution in [-0.4, -0.2) is 47.6 Å². The minimum absolute atomic E-state index is 0.0694. The number of carbonyl (C=O) groups is 2. The molecule has 1 unspecified atom stereocenters. The summed E-state index contributed by atoms with van der Waals surface area (Å²) in [6, 6.07) is 7.09. The maximum absolute atomic E-state index is 12.6. The van der Waals surface area contributed by atoms with E-state index in [1.807, 2.05) is 6.07 Å². The van der Waals surface area contributed by atoms with E-state index in [1.54, 1.807) is 30.1 Å². The van der Waals surface area contributed by atoms with Crippen molar-refractivity contribution in [1.29, 1.82) is 0 Å². The second-order valence-corrected chi connectivity index (χ2v) is 5.58. The van der Waals surface area contributed by atoms with Crippen molar-refractivity contribution in [3.05, 3.63) is 35.4 Å². The Kier molecular flexibility index (Phi) is 3.01. The molecule has 0 bridgehead atoms. The third kappa shape index (κ3) is 1.66. The molecule has 0 aromatic heterocycles. The number of likely N-dealkylation sites (N-methyl/N-ethyl adjacent to an activating group) is 1. The molecule has 0 aliphatic carbocycles. The van der Waals surface area contributed by atoms with E-state index in [9.17, 15) is 14.7 Å². The van der Waals surface area contributed by atoms with E-state index in [0.29, 0.717) is 24.0 Å². The summed E-state index contributed by atoms with van der Waals surface area (Å²) in [5, 5.41) is 13.0. The molecule has 2 aliphatic rings. The van der Waals surface area contributed by atoms with E-state index in [0.717, 1.165) is 13.1 Å². The molecule has 2 N–H and O–H groups in total. The summed E-state index contributed by atoms with van der Waals surface area (Å²) < 4.78 is 0. The van der Waals surface area contributed by atoms with Gasteiger partial charge < -0.3 is 15.3 Å². The highest BCUT2D eigenvalue weighted by Gasteiger charge is 2.53. The lowest BCUT2D eigenvalue weighted by atomic mass is 9.68. The summed E-state index contributed by atoms with van der Waals surface area (Å²) in [5.74, 6) is -1.57. The zero-order valence-electron chi connectivity index (χ0n) is 11.4. The van der Waals surface area contributed by atoms with Crippen molar-refractivity contribution in [2.24, 2.45) is 0 Å². The van der Waals surface area contributed by atoms with Crippen LogP contribution in [0.15, 0.2) is 24.3 Å². The van der Waals surface area contributed by atoms with Crippen LogP contribution in [0.25, 0.3) is 0 Å². The highest BCUT2D eigenvalue weighted by atomic mass is 16.4. The van der Waals surface area contributed by atoms with E-state index in [-0.39, 0.29) is 5.91 Å². The van der Waals surface area contributed by atoms with Gasteiger partial charge in [0.15, 0.2) is 0 Å². The van der Waals surface area contributed by atoms with Crippen molar-refractivity contribution in [2.75, 3.05) is 20.1 Å². The van der Waals surface area contributed by atoms with Gasteiger partial charge in [0, 0.05) is 12.6 Å². The second kappa shape index (κ2) is 4.59. The molecule has 1 atom stereocenters. The summed E-state index contributed by atoms with van der Waals surface area (Å²) >= 11 is 0. The van der Waals surface area contributed by atoms with Gasteiger partial charge in [0.2, 0.25) is 0 Å². The smallest absolute Gasteiger partial charge is 0.313 e. The number of nitrogens with zero attached hydrogens (tertiary/aromatic N) is 1. The SMILES string of the molecule is CN1C(=O)c2ccccc2C(C(=O)O)C12CCNCC2. The number of carboxylic acids is 1. The molecule has 0 saturated carbocycles. The van der Waals surface area contributed by atoms with Crippen molar-refractivity contribution < 1.29 is 14.7 Å². The van der Waals surface area contributed by atoms with Gasteiger partial charge >= 0.3 is 5.97 Å². The molecule has 1 aromatic carbocycles. The van der Waals surface area contributed by atoms with Crippen LogP contribution in [-0.2, 0) is 4.79 Å². The predicted molar refractivity (Wildman–Crippen MR) is 73.7 cm³/mol. The number of amides is 1. The first-order valence-electron chi connectivity index (χ1n) is 6.88. The van der Waals surface area contributed by atoms with Gasteiger partial charge in [-0.3, -0.25) is 9.59 Å². The fourth-order valence-corrected chi connectivity index (χ4v) is 3.66. The first kappa shape index (κ1) is 13.1.